The summed E-state index contributed by atoms with van der Waals surface area (Å²) in [6.45, 7) is 1.94. The maximum absolute atomic E-state index is 12.3. The first-order chi connectivity index (χ1) is 11.5. The predicted molar refractivity (Wildman–Crippen MR) is 91.2 cm³/mol. The first-order valence-electron chi connectivity index (χ1n) is 7.48. The molecule has 24 heavy (non-hydrogen) atoms. The van der Waals surface area contributed by atoms with E-state index in [4.69, 9.17) is 11.6 Å². The van der Waals surface area contributed by atoms with Crippen molar-refractivity contribution in [1.29, 1.82) is 0 Å². The van der Waals surface area contributed by atoms with Gasteiger partial charge in [-0.3, -0.25) is 19.3 Å². The summed E-state index contributed by atoms with van der Waals surface area (Å²) >= 11 is 6.00. The third-order valence-corrected chi connectivity index (χ3v) is 4.13. The largest absolute Gasteiger partial charge is 0.326 e. The van der Waals surface area contributed by atoms with Gasteiger partial charge in [0.1, 0.15) is 0 Å². The van der Waals surface area contributed by atoms with Crippen LogP contribution >= 0.6 is 11.6 Å². The summed E-state index contributed by atoms with van der Waals surface area (Å²) < 4.78 is 0. The number of benzene rings is 2. The summed E-state index contributed by atoms with van der Waals surface area (Å²) in [5.74, 6) is -1.13. The monoisotopic (exact) mass is 342 g/mol. The smallest absolute Gasteiger partial charge is 0.263 e. The molecular formula is C18H15ClN2O3. The van der Waals surface area contributed by atoms with Gasteiger partial charge in [0, 0.05) is 18.7 Å². The van der Waals surface area contributed by atoms with Crippen LogP contribution in [0.15, 0.2) is 42.5 Å². The first kappa shape index (κ1) is 16.2. The van der Waals surface area contributed by atoms with Gasteiger partial charge in [0.25, 0.3) is 11.8 Å². The Morgan fingerprint density at radius 2 is 1.88 bits per heavy atom. The standard InChI is InChI=1S/C18H15ClN2O3/c1-11-4-2-5-12(10-11)20-15(22)8-9-21-17(23)13-6-3-7-14(19)16(13)18(21)24/h2-7,10H,8-9H2,1H3,(H,20,22). The molecule has 122 valence electrons. The average molecular weight is 343 g/mol. The fraction of sp³-hybridized carbons (Fsp3) is 0.167. The molecule has 5 nitrogen and oxygen atoms in total. The van der Waals surface area contributed by atoms with E-state index in [0.29, 0.717) is 5.69 Å². The molecule has 1 N–H and O–H groups in total. The van der Waals surface area contributed by atoms with Crippen molar-refractivity contribution in [1.82, 2.24) is 4.90 Å². The highest BCUT2D eigenvalue weighted by atomic mass is 35.5. The number of carbonyl (C=O) groups is 3. The van der Waals surface area contributed by atoms with Gasteiger partial charge in [0.2, 0.25) is 5.91 Å². The second kappa shape index (κ2) is 6.45. The molecule has 0 atom stereocenters. The van der Waals surface area contributed by atoms with E-state index in [9.17, 15) is 14.4 Å². The molecule has 0 saturated heterocycles. The molecule has 1 heterocycles. The molecule has 0 spiro atoms. The normalized spacial score (nSPS) is 13.2. The summed E-state index contributed by atoms with van der Waals surface area (Å²) in [6, 6.07) is 12.2. The number of carbonyl (C=O) groups excluding carboxylic acids is 3. The lowest BCUT2D eigenvalue weighted by atomic mass is 10.1. The van der Waals surface area contributed by atoms with Crippen LogP contribution in [-0.2, 0) is 4.79 Å². The lowest BCUT2D eigenvalue weighted by Crippen LogP contribution is -2.32. The van der Waals surface area contributed by atoms with Crippen LogP contribution in [0, 0.1) is 6.92 Å². The van der Waals surface area contributed by atoms with Crippen molar-refractivity contribution in [2.24, 2.45) is 0 Å². The van der Waals surface area contributed by atoms with Crippen molar-refractivity contribution in [3.05, 3.63) is 64.2 Å². The van der Waals surface area contributed by atoms with Crippen LogP contribution in [0.1, 0.15) is 32.7 Å². The van der Waals surface area contributed by atoms with E-state index < -0.39 is 11.8 Å². The van der Waals surface area contributed by atoms with E-state index in [1.54, 1.807) is 24.3 Å². The second-order valence-corrected chi connectivity index (χ2v) is 6.00. The lowest BCUT2D eigenvalue weighted by molar-refractivity contribution is -0.116. The number of rotatable bonds is 4. The molecule has 1 aliphatic rings. The molecule has 0 aromatic heterocycles. The maximum Gasteiger partial charge on any atom is 0.263 e. The van der Waals surface area contributed by atoms with Gasteiger partial charge in [-0.15, -0.1) is 0 Å². The number of anilines is 1. The molecule has 0 fully saturated rings. The summed E-state index contributed by atoms with van der Waals surface area (Å²) in [5.41, 5.74) is 2.21. The van der Waals surface area contributed by atoms with E-state index >= 15 is 0 Å². The molecule has 3 amide bonds. The Hall–Kier alpha value is -2.66. The Morgan fingerprint density at radius 3 is 2.58 bits per heavy atom. The fourth-order valence-corrected chi connectivity index (χ4v) is 2.91. The number of hydrogen-bond acceptors (Lipinski definition) is 3. The van der Waals surface area contributed by atoms with Gasteiger partial charge in [0.15, 0.2) is 0 Å². The topological polar surface area (TPSA) is 66.5 Å². The zero-order chi connectivity index (χ0) is 17.3. The number of hydrogen-bond donors (Lipinski definition) is 1. The number of nitrogens with one attached hydrogen (secondary N) is 1. The number of fused-ring (bicyclic) bond motifs is 1. The Kier molecular flexibility index (Phi) is 4.36. The molecule has 3 rings (SSSR count). The number of aryl methyl sites for hydroxylation is 1. The molecule has 0 bridgehead atoms. The van der Waals surface area contributed by atoms with Crippen LogP contribution in [0.2, 0.25) is 5.02 Å². The van der Waals surface area contributed by atoms with Crippen molar-refractivity contribution in [2.45, 2.75) is 13.3 Å². The number of nitrogens with zero attached hydrogens (tertiary/aromatic N) is 1. The van der Waals surface area contributed by atoms with Gasteiger partial charge in [-0.05, 0) is 36.8 Å². The van der Waals surface area contributed by atoms with Crippen LogP contribution in [0.3, 0.4) is 0 Å². The van der Waals surface area contributed by atoms with Gasteiger partial charge >= 0.3 is 0 Å². The molecular weight excluding hydrogens is 328 g/mol. The van der Waals surface area contributed by atoms with Crippen LogP contribution in [0.4, 0.5) is 5.69 Å². The summed E-state index contributed by atoms with van der Waals surface area (Å²) in [5, 5.41) is 3.00. The quantitative estimate of drug-likeness (QED) is 0.867. The minimum Gasteiger partial charge on any atom is -0.326 e. The van der Waals surface area contributed by atoms with Crippen LogP contribution in [-0.4, -0.2) is 29.2 Å². The summed E-state index contributed by atoms with van der Waals surface area (Å²) in [4.78, 5) is 37.7. The Balaban J connectivity index is 1.65. The molecule has 0 radical (unpaired) electrons. The van der Waals surface area contributed by atoms with Crippen molar-refractivity contribution >= 4 is 35.0 Å². The predicted octanol–water partition coefficient (Wildman–Crippen LogP) is 3.27. The molecule has 6 heteroatoms. The zero-order valence-corrected chi connectivity index (χ0v) is 13.8. The average Bonchev–Trinajstić information content (AvgIpc) is 2.78. The highest BCUT2D eigenvalue weighted by molar-refractivity contribution is 6.37. The van der Waals surface area contributed by atoms with Crippen molar-refractivity contribution in [3.63, 3.8) is 0 Å². The molecule has 0 saturated carbocycles. The first-order valence-corrected chi connectivity index (χ1v) is 7.86. The number of halogens is 1. The fourth-order valence-electron chi connectivity index (χ4n) is 2.66. The third kappa shape index (κ3) is 3.03. The number of amides is 3. The van der Waals surface area contributed by atoms with Gasteiger partial charge in [-0.1, -0.05) is 29.8 Å². The summed E-state index contributed by atoms with van der Waals surface area (Å²) in [6.07, 6.45) is 0.0248. The van der Waals surface area contributed by atoms with Crippen molar-refractivity contribution in [2.75, 3.05) is 11.9 Å². The van der Waals surface area contributed by atoms with Gasteiger partial charge in [0.05, 0.1) is 16.1 Å². The van der Waals surface area contributed by atoms with Gasteiger partial charge in [-0.25, -0.2) is 0 Å². The van der Waals surface area contributed by atoms with Crippen molar-refractivity contribution < 1.29 is 14.4 Å². The van der Waals surface area contributed by atoms with E-state index in [1.165, 1.54) is 0 Å². The van der Waals surface area contributed by atoms with Crippen LogP contribution < -0.4 is 5.32 Å². The maximum atomic E-state index is 12.3. The summed E-state index contributed by atoms with van der Waals surface area (Å²) in [7, 11) is 0. The Labute approximate surface area is 144 Å². The van der Waals surface area contributed by atoms with E-state index in [1.807, 2.05) is 25.1 Å². The molecule has 1 aliphatic heterocycles. The van der Waals surface area contributed by atoms with Crippen LogP contribution in [0.25, 0.3) is 0 Å². The highest BCUT2D eigenvalue weighted by Crippen LogP contribution is 2.29. The highest BCUT2D eigenvalue weighted by Gasteiger charge is 2.36. The lowest BCUT2D eigenvalue weighted by Gasteiger charge is -2.13. The molecule has 0 unspecified atom stereocenters. The third-order valence-electron chi connectivity index (χ3n) is 3.81. The zero-order valence-electron chi connectivity index (χ0n) is 13.0. The van der Waals surface area contributed by atoms with Gasteiger partial charge in [-0.2, -0.15) is 0 Å². The SMILES string of the molecule is Cc1cccc(NC(=O)CCN2C(=O)c3cccc(Cl)c3C2=O)c1. The van der Waals surface area contributed by atoms with E-state index in [-0.39, 0.29) is 35.0 Å². The molecule has 0 aliphatic carbocycles. The minimum absolute atomic E-state index is 0.0142. The minimum atomic E-state index is -0.455. The molecule has 2 aromatic carbocycles. The Bertz CT molecular complexity index is 848. The Morgan fingerprint density at radius 1 is 1.12 bits per heavy atom. The second-order valence-electron chi connectivity index (χ2n) is 5.59. The van der Waals surface area contributed by atoms with E-state index in [2.05, 4.69) is 5.32 Å². The van der Waals surface area contributed by atoms with Crippen molar-refractivity contribution in [3.8, 4) is 0 Å². The van der Waals surface area contributed by atoms with Crippen LogP contribution in [0.5, 0.6) is 0 Å². The molecule has 2 aromatic rings. The number of imide groups is 1. The van der Waals surface area contributed by atoms with E-state index in [0.717, 1.165) is 10.5 Å². The van der Waals surface area contributed by atoms with Gasteiger partial charge < -0.3 is 5.32 Å².